The number of nitrogens with zero attached hydrogens (tertiary/aromatic N) is 1. The van der Waals surface area contributed by atoms with Crippen molar-refractivity contribution in [1.29, 1.82) is 0 Å². The minimum Gasteiger partial charge on any atom is -0.493 e. The molecule has 7 heteroatoms. The van der Waals surface area contributed by atoms with Crippen LogP contribution in [0.4, 0.5) is 4.79 Å². The maximum atomic E-state index is 12.8. The number of morpholine rings is 1. The van der Waals surface area contributed by atoms with Crippen molar-refractivity contribution in [2.24, 2.45) is 0 Å². The number of nitrogens with one attached hydrogen (secondary N) is 1. The third kappa shape index (κ3) is 4.08. The lowest BCUT2D eigenvalue weighted by atomic mass is 10.00. The van der Waals surface area contributed by atoms with Crippen molar-refractivity contribution < 1.29 is 23.7 Å². The summed E-state index contributed by atoms with van der Waals surface area (Å²) in [4.78, 5) is 14.7. The number of methoxy groups -OCH3 is 3. The molecule has 1 saturated carbocycles. The molecule has 2 amide bonds. The van der Waals surface area contributed by atoms with Crippen molar-refractivity contribution in [2.45, 2.75) is 44.2 Å². The lowest BCUT2D eigenvalue weighted by Gasteiger charge is -2.40. The van der Waals surface area contributed by atoms with E-state index in [0.717, 1.165) is 18.4 Å². The Bertz CT molecular complexity index is 647. The van der Waals surface area contributed by atoms with Gasteiger partial charge in [0.15, 0.2) is 11.5 Å². The number of ether oxygens (including phenoxy) is 4. The van der Waals surface area contributed by atoms with Crippen molar-refractivity contribution in [3.63, 3.8) is 0 Å². The van der Waals surface area contributed by atoms with Crippen LogP contribution in [0.3, 0.4) is 0 Å². The summed E-state index contributed by atoms with van der Waals surface area (Å²) >= 11 is 0. The highest BCUT2D eigenvalue weighted by atomic mass is 16.5. The first-order valence-corrected chi connectivity index (χ1v) is 9.51. The summed E-state index contributed by atoms with van der Waals surface area (Å²) in [6.45, 7) is 3.84. The van der Waals surface area contributed by atoms with Gasteiger partial charge in [-0.15, -0.1) is 0 Å². The number of urea groups is 1. The maximum Gasteiger partial charge on any atom is 0.318 e. The Hall–Kier alpha value is -2.15. The highest BCUT2D eigenvalue weighted by Gasteiger charge is 2.40. The summed E-state index contributed by atoms with van der Waals surface area (Å²) in [7, 11) is 4.74. The molecule has 1 aromatic rings. The number of amides is 2. The van der Waals surface area contributed by atoms with Gasteiger partial charge < -0.3 is 29.2 Å². The second-order valence-electron chi connectivity index (χ2n) is 7.29. The number of hydrogen-bond donors (Lipinski definition) is 1. The third-order valence-corrected chi connectivity index (χ3v) is 5.58. The molecule has 2 fully saturated rings. The maximum absolute atomic E-state index is 12.8. The standard InChI is InChI=1S/C20H30N2O5/c1-14(15-11-16(24-2)18(26-4)17(12-15)25-3)21-19(23)22-9-10-27-20(13-22)7-5-6-8-20/h11-12,14H,5-10,13H2,1-4H3,(H,21,23). The van der Waals surface area contributed by atoms with Crippen molar-refractivity contribution in [1.82, 2.24) is 10.2 Å². The lowest BCUT2D eigenvalue weighted by molar-refractivity contribution is -0.0927. The molecule has 1 aromatic carbocycles. The van der Waals surface area contributed by atoms with Gasteiger partial charge in [0.2, 0.25) is 5.75 Å². The van der Waals surface area contributed by atoms with Crippen LogP contribution in [0.15, 0.2) is 12.1 Å². The number of benzene rings is 1. The summed E-state index contributed by atoms with van der Waals surface area (Å²) < 4.78 is 22.2. The minimum atomic E-state index is -0.200. The van der Waals surface area contributed by atoms with Crippen LogP contribution in [0.25, 0.3) is 0 Å². The quantitative estimate of drug-likeness (QED) is 0.853. The second kappa shape index (κ2) is 8.25. The first-order chi connectivity index (χ1) is 13.0. The Morgan fingerprint density at radius 1 is 1.15 bits per heavy atom. The van der Waals surface area contributed by atoms with E-state index in [4.69, 9.17) is 18.9 Å². The molecule has 1 aliphatic carbocycles. The molecule has 1 spiro atoms. The normalized spacial score (nSPS) is 19.6. The zero-order valence-corrected chi connectivity index (χ0v) is 16.7. The second-order valence-corrected chi connectivity index (χ2v) is 7.29. The van der Waals surface area contributed by atoms with E-state index in [2.05, 4.69) is 5.32 Å². The number of hydrogen-bond acceptors (Lipinski definition) is 5. The largest absolute Gasteiger partial charge is 0.493 e. The van der Waals surface area contributed by atoms with Gasteiger partial charge in [-0.25, -0.2) is 4.79 Å². The fourth-order valence-electron chi connectivity index (χ4n) is 4.05. The third-order valence-electron chi connectivity index (χ3n) is 5.58. The van der Waals surface area contributed by atoms with E-state index < -0.39 is 0 Å². The number of carbonyl (C=O) groups is 1. The van der Waals surface area contributed by atoms with Crippen LogP contribution < -0.4 is 19.5 Å². The van der Waals surface area contributed by atoms with E-state index >= 15 is 0 Å². The Kier molecular flexibility index (Phi) is 5.99. The van der Waals surface area contributed by atoms with E-state index in [1.54, 1.807) is 21.3 Å². The SMILES string of the molecule is COc1cc(C(C)NC(=O)N2CCOC3(CCCC3)C2)cc(OC)c1OC. The predicted molar refractivity (Wildman–Crippen MR) is 102 cm³/mol. The van der Waals surface area contributed by atoms with Gasteiger partial charge in [0.1, 0.15) is 0 Å². The fraction of sp³-hybridized carbons (Fsp3) is 0.650. The summed E-state index contributed by atoms with van der Waals surface area (Å²) in [5, 5.41) is 3.09. The topological polar surface area (TPSA) is 69.3 Å². The summed E-state index contributed by atoms with van der Waals surface area (Å²) in [5.74, 6) is 1.69. The molecule has 27 heavy (non-hydrogen) atoms. The van der Waals surface area contributed by atoms with Gasteiger partial charge in [-0.05, 0) is 37.5 Å². The van der Waals surface area contributed by atoms with E-state index in [1.807, 2.05) is 24.0 Å². The monoisotopic (exact) mass is 378 g/mol. The molecule has 2 aliphatic rings. The van der Waals surface area contributed by atoms with Crippen molar-refractivity contribution in [2.75, 3.05) is 41.0 Å². The molecule has 1 heterocycles. The lowest BCUT2D eigenvalue weighted by Crippen LogP contribution is -2.55. The van der Waals surface area contributed by atoms with Gasteiger partial charge in [-0.1, -0.05) is 12.8 Å². The molecule has 3 rings (SSSR count). The van der Waals surface area contributed by atoms with Crippen LogP contribution in [0.1, 0.15) is 44.2 Å². The Balaban J connectivity index is 1.71. The van der Waals surface area contributed by atoms with Crippen LogP contribution in [0.5, 0.6) is 17.2 Å². The molecule has 1 unspecified atom stereocenters. The van der Waals surface area contributed by atoms with Gasteiger partial charge in [0.05, 0.1) is 46.1 Å². The van der Waals surface area contributed by atoms with E-state index in [0.29, 0.717) is 36.9 Å². The van der Waals surface area contributed by atoms with E-state index in [-0.39, 0.29) is 17.7 Å². The summed E-state index contributed by atoms with van der Waals surface area (Å²) in [6.07, 6.45) is 4.44. The summed E-state index contributed by atoms with van der Waals surface area (Å²) in [5.41, 5.74) is 0.757. The average molecular weight is 378 g/mol. The van der Waals surface area contributed by atoms with Gasteiger partial charge >= 0.3 is 6.03 Å². The highest BCUT2D eigenvalue weighted by molar-refractivity contribution is 5.75. The van der Waals surface area contributed by atoms with Crippen LogP contribution in [-0.4, -0.2) is 57.6 Å². The average Bonchev–Trinajstić information content (AvgIpc) is 3.13. The molecule has 0 radical (unpaired) electrons. The van der Waals surface area contributed by atoms with Crippen LogP contribution in [0, 0.1) is 0 Å². The van der Waals surface area contributed by atoms with Gasteiger partial charge in [0, 0.05) is 6.54 Å². The Morgan fingerprint density at radius 3 is 2.33 bits per heavy atom. The molecule has 150 valence electrons. The van der Waals surface area contributed by atoms with Crippen LogP contribution in [-0.2, 0) is 4.74 Å². The number of carbonyl (C=O) groups excluding carboxylic acids is 1. The first kappa shape index (κ1) is 19.6. The van der Waals surface area contributed by atoms with E-state index in [1.165, 1.54) is 12.8 Å². The summed E-state index contributed by atoms with van der Waals surface area (Å²) in [6, 6.07) is 3.47. The molecule has 7 nitrogen and oxygen atoms in total. The molecule has 1 saturated heterocycles. The van der Waals surface area contributed by atoms with Gasteiger partial charge in [-0.2, -0.15) is 0 Å². The Labute approximate surface area is 160 Å². The zero-order valence-electron chi connectivity index (χ0n) is 16.7. The molecular weight excluding hydrogens is 348 g/mol. The molecular formula is C20H30N2O5. The minimum absolute atomic E-state index is 0.0640. The number of rotatable bonds is 5. The Morgan fingerprint density at radius 2 is 1.78 bits per heavy atom. The zero-order chi connectivity index (χ0) is 19.4. The molecule has 0 aromatic heterocycles. The van der Waals surface area contributed by atoms with Crippen molar-refractivity contribution in [3.05, 3.63) is 17.7 Å². The van der Waals surface area contributed by atoms with E-state index in [9.17, 15) is 4.79 Å². The predicted octanol–water partition coefficient (Wildman–Crippen LogP) is 3.13. The first-order valence-electron chi connectivity index (χ1n) is 9.51. The fourth-order valence-corrected chi connectivity index (χ4v) is 4.05. The van der Waals surface area contributed by atoms with Gasteiger partial charge in [0.25, 0.3) is 0 Å². The van der Waals surface area contributed by atoms with Crippen LogP contribution in [0.2, 0.25) is 0 Å². The molecule has 1 atom stereocenters. The van der Waals surface area contributed by atoms with Crippen LogP contribution >= 0.6 is 0 Å². The van der Waals surface area contributed by atoms with Crippen molar-refractivity contribution in [3.8, 4) is 17.2 Å². The molecule has 1 aliphatic heterocycles. The molecule has 1 N–H and O–H groups in total. The van der Waals surface area contributed by atoms with Crippen molar-refractivity contribution >= 4 is 6.03 Å². The molecule has 0 bridgehead atoms. The van der Waals surface area contributed by atoms with Gasteiger partial charge in [-0.3, -0.25) is 0 Å². The smallest absolute Gasteiger partial charge is 0.318 e. The highest BCUT2D eigenvalue weighted by Crippen LogP contribution is 2.40.